The van der Waals surface area contributed by atoms with Crippen molar-refractivity contribution in [1.29, 1.82) is 0 Å². The summed E-state index contributed by atoms with van der Waals surface area (Å²) in [5, 5.41) is 10.3. The van der Waals surface area contributed by atoms with Gasteiger partial charge in [0.2, 0.25) is 0 Å². The first kappa shape index (κ1) is 10.0. The zero-order valence-corrected chi connectivity index (χ0v) is 8.55. The van der Waals surface area contributed by atoms with Gasteiger partial charge in [-0.25, -0.2) is 0 Å². The highest BCUT2D eigenvalue weighted by Crippen LogP contribution is 2.39. The van der Waals surface area contributed by atoms with Crippen LogP contribution in [0, 0.1) is 5.41 Å². The largest absolute Gasteiger partial charge is 0.389 e. The van der Waals surface area contributed by atoms with Gasteiger partial charge < -0.3 is 9.84 Å². The van der Waals surface area contributed by atoms with Gasteiger partial charge in [0.1, 0.15) is 0 Å². The number of aliphatic hydroxyl groups is 1. The third kappa shape index (κ3) is 1.99. The van der Waals surface area contributed by atoms with E-state index in [0.717, 1.165) is 19.4 Å². The van der Waals surface area contributed by atoms with Gasteiger partial charge in [-0.05, 0) is 11.8 Å². The molecule has 1 aliphatic rings. The summed E-state index contributed by atoms with van der Waals surface area (Å²) in [7, 11) is 0. The Balaban J connectivity index is 2.59. The molecule has 0 aromatic rings. The van der Waals surface area contributed by atoms with Crippen LogP contribution in [0.25, 0.3) is 0 Å². The highest BCUT2D eigenvalue weighted by atomic mass is 16.6. The van der Waals surface area contributed by atoms with Crippen LogP contribution in [0.3, 0.4) is 0 Å². The van der Waals surface area contributed by atoms with Crippen molar-refractivity contribution >= 4 is 0 Å². The van der Waals surface area contributed by atoms with Crippen molar-refractivity contribution < 1.29 is 9.84 Å². The van der Waals surface area contributed by atoms with Crippen LogP contribution < -0.4 is 0 Å². The van der Waals surface area contributed by atoms with Crippen LogP contribution in [0.4, 0.5) is 0 Å². The topological polar surface area (TPSA) is 32.8 Å². The molecule has 0 aliphatic carbocycles. The maximum Gasteiger partial charge on any atom is 0.0837 e. The quantitative estimate of drug-likeness (QED) is 0.660. The van der Waals surface area contributed by atoms with E-state index in [1.54, 1.807) is 0 Å². The number of ether oxygens (including phenoxy) is 1. The van der Waals surface area contributed by atoms with Crippen molar-refractivity contribution in [3.8, 4) is 0 Å². The van der Waals surface area contributed by atoms with E-state index in [1.807, 2.05) is 6.92 Å². The lowest BCUT2D eigenvalue weighted by Gasteiger charge is -2.39. The molecule has 0 aromatic heterocycles. The number of rotatable bonds is 3. The average Bonchev–Trinajstić information content (AvgIpc) is 2.69. The van der Waals surface area contributed by atoms with Crippen molar-refractivity contribution in [2.45, 2.75) is 52.2 Å². The fourth-order valence-corrected chi connectivity index (χ4v) is 1.54. The second kappa shape index (κ2) is 3.00. The Morgan fingerprint density at radius 2 is 1.92 bits per heavy atom. The Labute approximate surface area is 74.9 Å². The van der Waals surface area contributed by atoms with E-state index in [-0.39, 0.29) is 5.41 Å². The molecule has 1 aliphatic heterocycles. The molecular weight excluding hydrogens is 152 g/mol. The van der Waals surface area contributed by atoms with Crippen LogP contribution in [-0.2, 0) is 4.74 Å². The Hall–Kier alpha value is -0.0800. The lowest BCUT2D eigenvalue weighted by molar-refractivity contribution is -0.0717. The number of epoxide rings is 1. The molecule has 2 atom stereocenters. The third-order valence-electron chi connectivity index (χ3n) is 2.95. The van der Waals surface area contributed by atoms with E-state index in [1.165, 1.54) is 0 Å². The lowest BCUT2D eigenvalue weighted by Crippen LogP contribution is -2.43. The molecule has 0 amide bonds. The monoisotopic (exact) mass is 172 g/mol. The summed E-state index contributed by atoms with van der Waals surface area (Å²) >= 11 is 0. The van der Waals surface area contributed by atoms with Gasteiger partial charge >= 0.3 is 0 Å². The van der Waals surface area contributed by atoms with E-state index < -0.39 is 5.60 Å². The van der Waals surface area contributed by atoms with Crippen LogP contribution in [0.1, 0.15) is 40.5 Å². The molecule has 0 aromatic carbocycles. The fraction of sp³-hybridized carbons (Fsp3) is 1.00. The van der Waals surface area contributed by atoms with E-state index in [9.17, 15) is 5.11 Å². The van der Waals surface area contributed by atoms with Crippen molar-refractivity contribution in [1.82, 2.24) is 0 Å². The molecule has 1 heterocycles. The van der Waals surface area contributed by atoms with Gasteiger partial charge in [0.15, 0.2) is 0 Å². The summed E-state index contributed by atoms with van der Waals surface area (Å²) < 4.78 is 5.14. The Morgan fingerprint density at radius 3 is 2.17 bits per heavy atom. The van der Waals surface area contributed by atoms with E-state index >= 15 is 0 Å². The second-order valence-electron chi connectivity index (χ2n) is 4.79. The Morgan fingerprint density at radius 1 is 1.42 bits per heavy atom. The second-order valence-corrected chi connectivity index (χ2v) is 4.79. The zero-order valence-electron chi connectivity index (χ0n) is 8.55. The van der Waals surface area contributed by atoms with Gasteiger partial charge in [-0.1, -0.05) is 27.7 Å². The Bertz CT molecular complexity index is 156. The number of hydrogen-bond acceptors (Lipinski definition) is 2. The van der Waals surface area contributed by atoms with Gasteiger partial charge in [-0.2, -0.15) is 0 Å². The molecule has 1 saturated heterocycles. The van der Waals surface area contributed by atoms with Crippen molar-refractivity contribution in [2.24, 2.45) is 5.41 Å². The van der Waals surface area contributed by atoms with Crippen molar-refractivity contribution in [3.05, 3.63) is 0 Å². The minimum atomic E-state index is -0.561. The maximum atomic E-state index is 10.3. The van der Waals surface area contributed by atoms with Crippen LogP contribution in [-0.4, -0.2) is 23.4 Å². The molecule has 12 heavy (non-hydrogen) atoms. The van der Waals surface area contributed by atoms with Gasteiger partial charge in [0, 0.05) is 6.42 Å². The highest BCUT2D eigenvalue weighted by Gasteiger charge is 2.43. The molecule has 0 spiro atoms. The summed E-state index contributed by atoms with van der Waals surface area (Å²) in [5.41, 5.74) is -0.609. The van der Waals surface area contributed by atoms with Gasteiger partial charge in [0.05, 0.1) is 18.3 Å². The van der Waals surface area contributed by atoms with E-state index in [0.29, 0.717) is 6.10 Å². The summed E-state index contributed by atoms with van der Waals surface area (Å²) in [6, 6.07) is 0. The lowest BCUT2D eigenvalue weighted by atomic mass is 9.72. The van der Waals surface area contributed by atoms with Crippen LogP contribution in [0.5, 0.6) is 0 Å². The fourth-order valence-electron chi connectivity index (χ4n) is 1.54. The summed E-state index contributed by atoms with van der Waals surface area (Å²) in [4.78, 5) is 0. The van der Waals surface area contributed by atoms with Gasteiger partial charge in [-0.3, -0.25) is 0 Å². The first-order valence-corrected chi connectivity index (χ1v) is 4.73. The molecular formula is C10H20O2. The summed E-state index contributed by atoms with van der Waals surface area (Å²) in [5.74, 6) is 0. The van der Waals surface area contributed by atoms with E-state index in [4.69, 9.17) is 4.74 Å². The van der Waals surface area contributed by atoms with Gasteiger partial charge in [-0.15, -0.1) is 0 Å². The first-order valence-electron chi connectivity index (χ1n) is 4.73. The normalized spacial score (nSPS) is 28.2. The molecule has 2 heteroatoms. The molecule has 0 saturated carbocycles. The molecule has 72 valence electrons. The standard InChI is InChI=1S/C10H20O2/c1-5-10(11,9(2,3)4)6-8-7-12-8/h8,11H,5-7H2,1-4H3/t8-,10+/m1/s1. The third-order valence-corrected chi connectivity index (χ3v) is 2.95. The minimum absolute atomic E-state index is 0.0479. The zero-order chi connectivity index (χ0) is 9.41. The molecule has 2 nitrogen and oxygen atoms in total. The van der Waals surface area contributed by atoms with Crippen LogP contribution in [0.15, 0.2) is 0 Å². The number of hydrogen-bond donors (Lipinski definition) is 1. The predicted molar refractivity (Wildman–Crippen MR) is 49.1 cm³/mol. The molecule has 1 rings (SSSR count). The Kier molecular flexibility index (Phi) is 2.50. The molecule has 0 unspecified atom stereocenters. The van der Waals surface area contributed by atoms with Gasteiger partial charge in [0.25, 0.3) is 0 Å². The minimum Gasteiger partial charge on any atom is -0.389 e. The average molecular weight is 172 g/mol. The molecule has 1 fully saturated rings. The SMILES string of the molecule is CC[C@](O)(C[C@@H]1CO1)C(C)(C)C. The summed E-state index contributed by atoms with van der Waals surface area (Å²) in [6.07, 6.45) is 1.90. The van der Waals surface area contributed by atoms with Crippen LogP contribution in [0.2, 0.25) is 0 Å². The first-order chi connectivity index (χ1) is 5.39. The molecule has 0 bridgehead atoms. The predicted octanol–water partition coefficient (Wildman–Crippen LogP) is 1.96. The van der Waals surface area contributed by atoms with E-state index in [2.05, 4.69) is 20.8 Å². The molecule has 0 radical (unpaired) electrons. The molecule has 1 N–H and O–H groups in total. The highest BCUT2D eigenvalue weighted by molar-refractivity contribution is 4.93. The van der Waals surface area contributed by atoms with Crippen molar-refractivity contribution in [2.75, 3.05) is 6.61 Å². The smallest absolute Gasteiger partial charge is 0.0837 e. The maximum absolute atomic E-state index is 10.3. The van der Waals surface area contributed by atoms with Crippen molar-refractivity contribution in [3.63, 3.8) is 0 Å². The van der Waals surface area contributed by atoms with Crippen LogP contribution >= 0.6 is 0 Å². The summed E-state index contributed by atoms with van der Waals surface area (Å²) in [6.45, 7) is 9.11.